The van der Waals surface area contributed by atoms with Crippen LogP contribution in [0.15, 0.2) is 11.4 Å². The summed E-state index contributed by atoms with van der Waals surface area (Å²) in [6.07, 6.45) is -4.38. The number of halogens is 3. The summed E-state index contributed by atoms with van der Waals surface area (Å²) < 4.78 is 40.0. The molecule has 1 amide bonds. The summed E-state index contributed by atoms with van der Waals surface area (Å²) in [5.74, 6) is -1.29. The number of methoxy groups -OCH3 is 1. The minimum absolute atomic E-state index is 0.187. The lowest BCUT2D eigenvalue weighted by Gasteiger charge is -2.08. The van der Waals surface area contributed by atoms with Crippen LogP contribution in [-0.2, 0) is 9.53 Å². The lowest BCUT2D eigenvalue weighted by atomic mass is 10.3. The first-order valence-corrected chi connectivity index (χ1v) is 5.94. The van der Waals surface area contributed by atoms with Crippen LogP contribution in [0, 0.1) is 0 Å². The Morgan fingerprint density at radius 3 is 2.68 bits per heavy atom. The van der Waals surface area contributed by atoms with Crippen molar-refractivity contribution in [2.45, 2.75) is 6.18 Å². The molecule has 0 saturated heterocycles. The SMILES string of the molecule is COC(=O)c1sccc1NC(=O)CNCC(F)(F)F. The van der Waals surface area contributed by atoms with Crippen molar-refractivity contribution in [2.24, 2.45) is 0 Å². The highest BCUT2D eigenvalue weighted by atomic mass is 32.1. The number of carbonyl (C=O) groups is 2. The van der Waals surface area contributed by atoms with Gasteiger partial charge in [0.05, 0.1) is 25.9 Å². The molecule has 0 unspecified atom stereocenters. The quantitative estimate of drug-likeness (QED) is 0.810. The number of anilines is 1. The Hall–Kier alpha value is -1.61. The number of alkyl halides is 3. The molecule has 0 saturated carbocycles. The maximum absolute atomic E-state index is 11.8. The van der Waals surface area contributed by atoms with Gasteiger partial charge in [-0.1, -0.05) is 0 Å². The van der Waals surface area contributed by atoms with Gasteiger partial charge >= 0.3 is 12.1 Å². The third-order valence-electron chi connectivity index (χ3n) is 1.92. The first-order chi connectivity index (χ1) is 8.83. The molecule has 0 aliphatic carbocycles. The summed E-state index contributed by atoms with van der Waals surface area (Å²) in [6.45, 7) is -1.76. The lowest BCUT2D eigenvalue weighted by Crippen LogP contribution is -2.35. The summed E-state index contributed by atoms with van der Waals surface area (Å²) in [5.41, 5.74) is 0.218. The molecule has 9 heteroatoms. The van der Waals surface area contributed by atoms with Gasteiger partial charge in [-0.3, -0.25) is 4.79 Å². The second kappa shape index (κ2) is 6.53. The minimum atomic E-state index is -4.38. The lowest BCUT2D eigenvalue weighted by molar-refractivity contribution is -0.126. The number of ether oxygens (including phenoxy) is 1. The summed E-state index contributed by atoms with van der Waals surface area (Å²) in [7, 11) is 1.19. The van der Waals surface area contributed by atoms with E-state index >= 15 is 0 Å². The van der Waals surface area contributed by atoms with Crippen LogP contribution in [0.5, 0.6) is 0 Å². The van der Waals surface area contributed by atoms with Gasteiger partial charge in [0.1, 0.15) is 4.88 Å². The Labute approximate surface area is 110 Å². The highest BCUT2D eigenvalue weighted by Gasteiger charge is 2.26. The topological polar surface area (TPSA) is 67.4 Å². The Kier molecular flexibility index (Phi) is 5.31. The molecular weight excluding hydrogens is 285 g/mol. The molecule has 1 aromatic rings. The number of hydrogen-bond donors (Lipinski definition) is 2. The Balaban J connectivity index is 2.49. The predicted molar refractivity (Wildman–Crippen MR) is 63.2 cm³/mol. The van der Waals surface area contributed by atoms with E-state index < -0.39 is 31.1 Å². The van der Waals surface area contributed by atoms with Crippen molar-refractivity contribution in [3.63, 3.8) is 0 Å². The van der Waals surface area contributed by atoms with Crippen molar-refractivity contribution in [2.75, 3.05) is 25.5 Å². The standard InChI is InChI=1S/C10H11F3N2O3S/c1-18-9(17)8-6(2-3-19-8)15-7(16)4-14-5-10(11,12)13/h2-3,14H,4-5H2,1H3,(H,15,16). The second-order valence-electron chi connectivity index (χ2n) is 3.42. The van der Waals surface area contributed by atoms with Crippen molar-refractivity contribution >= 4 is 28.9 Å². The van der Waals surface area contributed by atoms with Crippen LogP contribution in [0.4, 0.5) is 18.9 Å². The largest absolute Gasteiger partial charge is 0.465 e. The molecule has 5 nitrogen and oxygen atoms in total. The molecule has 0 bridgehead atoms. The van der Waals surface area contributed by atoms with Gasteiger partial charge in [0.15, 0.2) is 0 Å². The molecule has 2 N–H and O–H groups in total. The van der Waals surface area contributed by atoms with Crippen molar-refractivity contribution in [1.29, 1.82) is 0 Å². The Bertz CT molecular complexity index is 459. The van der Waals surface area contributed by atoms with Crippen LogP contribution in [0.3, 0.4) is 0 Å². The predicted octanol–water partition coefficient (Wildman–Crippen LogP) is 1.63. The van der Waals surface area contributed by atoms with Crippen molar-refractivity contribution in [1.82, 2.24) is 5.32 Å². The van der Waals surface area contributed by atoms with E-state index in [2.05, 4.69) is 10.1 Å². The molecular formula is C10H11F3N2O3S. The van der Waals surface area contributed by atoms with Gasteiger partial charge in [0.2, 0.25) is 5.91 Å². The monoisotopic (exact) mass is 296 g/mol. The number of thiophene rings is 1. The van der Waals surface area contributed by atoms with Crippen LogP contribution in [0.1, 0.15) is 9.67 Å². The molecule has 1 rings (SSSR count). The number of hydrogen-bond acceptors (Lipinski definition) is 5. The van der Waals surface area contributed by atoms with Gasteiger partial charge in [0.25, 0.3) is 0 Å². The first-order valence-electron chi connectivity index (χ1n) is 5.06. The van der Waals surface area contributed by atoms with E-state index in [1.54, 1.807) is 5.38 Å². The Morgan fingerprint density at radius 1 is 1.42 bits per heavy atom. The van der Waals surface area contributed by atoms with E-state index in [1.807, 2.05) is 5.32 Å². The third-order valence-corrected chi connectivity index (χ3v) is 2.82. The van der Waals surface area contributed by atoms with E-state index in [0.29, 0.717) is 0 Å². The summed E-state index contributed by atoms with van der Waals surface area (Å²) in [6, 6.07) is 1.47. The van der Waals surface area contributed by atoms with E-state index in [-0.39, 0.29) is 10.6 Å². The molecule has 1 heterocycles. The highest BCUT2D eigenvalue weighted by Crippen LogP contribution is 2.22. The minimum Gasteiger partial charge on any atom is -0.465 e. The summed E-state index contributed by atoms with van der Waals surface area (Å²) >= 11 is 1.06. The van der Waals surface area contributed by atoms with E-state index in [9.17, 15) is 22.8 Å². The molecule has 0 aromatic carbocycles. The molecule has 0 aliphatic rings. The van der Waals surface area contributed by atoms with E-state index in [0.717, 1.165) is 11.3 Å². The molecule has 0 atom stereocenters. The third kappa shape index (κ3) is 5.26. The summed E-state index contributed by atoms with van der Waals surface area (Å²) in [5, 5.41) is 5.84. The molecule has 0 spiro atoms. The average molecular weight is 296 g/mol. The normalized spacial score (nSPS) is 11.2. The van der Waals surface area contributed by atoms with Gasteiger partial charge in [0, 0.05) is 0 Å². The maximum atomic E-state index is 11.8. The van der Waals surface area contributed by atoms with Crippen LogP contribution in [0.25, 0.3) is 0 Å². The van der Waals surface area contributed by atoms with Gasteiger partial charge < -0.3 is 15.4 Å². The smallest absolute Gasteiger partial charge is 0.401 e. The van der Waals surface area contributed by atoms with Crippen molar-refractivity contribution < 1.29 is 27.5 Å². The van der Waals surface area contributed by atoms with Crippen LogP contribution < -0.4 is 10.6 Å². The van der Waals surface area contributed by atoms with E-state index in [4.69, 9.17) is 0 Å². The van der Waals surface area contributed by atoms with Crippen molar-refractivity contribution in [3.05, 3.63) is 16.3 Å². The average Bonchev–Trinajstić information content (AvgIpc) is 2.74. The zero-order valence-corrected chi connectivity index (χ0v) is 10.7. The molecule has 106 valence electrons. The number of esters is 1. The fraction of sp³-hybridized carbons (Fsp3) is 0.400. The van der Waals surface area contributed by atoms with Crippen LogP contribution in [0.2, 0.25) is 0 Å². The Morgan fingerprint density at radius 2 is 2.11 bits per heavy atom. The fourth-order valence-electron chi connectivity index (χ4n) is 1.17. The van der Waals surface area contributed by atoms with E-state index in [1.165, 1.54) is 13.2 Å². The molecule has 0 radical (unpaired) electrons. The van der Waals surface area contributed by atoms with Gasteiger partial charge in [-0.2, -0.15) is 13.2 Å². The van der Waals surface area contributed by atoms with Gasteiger partial charge in [-0.15, -0.1) is 11.3 Å². The van der Waals surface area contributed by atoms with Crippen LogP contribution >= 0.6 is 11.3 Å². The number of nitrogens with one attached hydrogen (secondary N) is 2. The van der Waals surface area contributed by atoms with Gasteiger partial charge in [-0.25, -0.2) is 4.79 Å². The number of carbonyl (C=O) groups excluding carboxylic acids is 2. The fourth-order valence-corrected chi connectivity index (χ4v) is 1.94. The molecule has 19 heavy (non-hydrogen) atoms. The highest BCUT2D eigenvalue weighted by molar-refractivity contribution is 7.12. The van der Waals surface area contributed by atoms with Gasteiger partial charge in [-0.05, 0) is 11.4 Å². The zero-order chi connectivity index (χ0) is 14.5. The maximum Gasteiger partial charge on any atom is 0.401 e. The second-order valence-corrected chi connectivity index (χ2v) is 4.34. The number of rotatable bonds is 5. The first kappa shape index (κ1) is 15.4. The molecule has 1 aromatic heterocycles. The zero-order valence-electron chi connectivity index (χ0n) is 9.84. The summed E-state index contributed by atoms with van der Waals surface area (Å²) in [4.78, 5) is 22.9. The molecule has 0 fully saturated rings. The van der Waals surface area contributed by atoms with Crippen LogP contribution in [-0.4, -0.2) is 38.3 Å². The number of amides is 1. The van der Waals surface area contributed by atoms with Crippen molar-refractivity contribution in [3.8, 4) is 0 Å². The molecule has 0 aliphatic heterocycles.